The lowest BCUT2D eigenvalue weighted by Crippen LogP contribution is -2.33. The zero-order valence-corrected chi connectivity index (χ0v) is 11.5. The van der Waals surface area contributed by atoms with Crippen LogP contribution in [0.5, 0.6) is 0 Å². The third-order valence-electron chi connectivity index (χ3n) is 2.73. The Labute approximate surface area is 116 Å². The zero-order valence-electron chi connectivity index (χ0n) is 9.97. The summed E-state index contributed by atoms with van der Waals surface area (Å²) in [5, 5.41) is 15.4. The van der Waals surface area contributed by atoms with Gasteiger partial charge in [0.15, 0.2) is 0 Å². The molecule has 2 N–H and O–H groups in total. The van der Waals surface area contributed by atoms with Gasteiger partial charge in [-0.3, -0.25) is 0 Å². The monoisotopic (exact) mass is 281 g/mol. The molecule has 0 radical (unpaired) electrons. The maximum Gasteiger partial charge on any atom is 0.0587 e. The van der Waals surface area contributed by atoms with Crippen molar-refractivity contribution in [2.45, 2.75) is 19.0 Å². The third kappa shape index (κ3) is 4.10. The van der Waals surface area contributed by atoms with Crippen LogP contribution in [0.1, 0.15) is 10.4 Å². The minimum atomic E-state index is 0.0771. The minimum Gasteiger partial charge on any atom is -0.395 e. The first-order chi connectivity index (χ1) is 8.78. The Kier molecular flexibility index (Phi) is 5.20. The summed E-state index contributed by atoms with van der Waals surface area (Å²) in [6.07, 6.45) is 0.830. The number of halogens is 1. The van der Waals surface area contributed by atoms with Gasteiger partial charge in [-0.25, -0.2) is 0 Å². The summed E-state index contributed by atoms with van der Waals surface area (Å²) in [6.45, 7) is 0.878. The summed E-state index contributed by atoms with van der Waals surface area (Å²) in [7, 11) is 0. The van der Waals surface area contributed by atoms with Gasteiger partial charge in [-0.15, -0.1) is 11.3 Å². The second-order valence-electron chi connectivity index (χ2n) is 4.18. The molecule has 1 atom stereocenters. The van der Waals surface area contributed by atoms with Crippen molar-refractivity contribution in [1.82, 2.24) is 5.32 Å². The van der Waals surface area contributed by atoms with Gasteiger partial charge < -0.3 is 10.4 Å². The van der Waals surface area contributed by atoms with E-state index in [0.717, 1.165) is 18.0 Å². The Hall–Kier alpha value is -0.870. The van der Waals surface area contributed by atoms with Crippen LogP contribution >= 0.6 is 22.9 Å². The highest BCUT2D eigenvalue weighted by Gasteiger charge is 2.08. The fourth-order valence-corrected chi connectivity index (χ4v) is 2.82. The fraction of sp³-hybridized carbons (Fsp3) is 0.286. The molecule has 0 amide bonds. The van der Waals surface area contributed by atoms with Crippen molar-refractivity contribution < 1.29 is 5.11 Å². The van der Waals surface area contributed by atoms with E-state index < -0.39 is 0 Å². The quantitative estimate of drug-likeness (QED) is 0.853. The molecule has 0 unspecified atom stereocenters. The van der Waals surface area contributed by atoms with Gasteiger partial charge in [-0.2, -0.15) is 0 Å². The lowest BCUT2D eigenvalue weighted by Gasteiger charge is -2.15. The van der Waals surface area contributed by atoms with Crippen LogP contribution in [-0.2, 0) is 13.0 Å². The minimum absolute atomic E-state index is 0.0771. The smallest absolute Gasteiger partial charge is 0.0587 e. The molecule has 0 saturated carbocycles. The first-order valence-corrected chi connectivity index (χ1v) is 7.15. The van der Waals surface area contributed by atoms with E-state index in [1.165, 1.54) is 10.4 Å². The highest BCUT2D eigenvalue weighted by molar-refractivity contribution is 7.10. The van der Waals surface area contributed by atoms with Crippen LogP contribution in [0.2, 0.25) is 5.02 Å². The number of benzene rings is 1. The maximum atomic E-state index is 9.39. The van der Waals surface area contributed by atoms with Crippen molar-refractivity contribution in [1.29, 1.82) is 0 Å². The highest BCUT2D eigenvalue weighted by Crippen LogP contribution is 2.18. The number of rotatable bonds is 6. The number of hydrogen-bond donors (Lipinski definition) is 2. The third-order valence-corrected chi connectivity index (χ3v) is 4.02. The van der Waals surface area contributed by atoms with E-state index in [0.29, 0.717) is 0 Å². The van der Waals surface area contributed by atoms with Gasteiger partial charge in [0.05, 0.1) is 11.6 Å². The number of nitrogens with one attached hydrogen (secondary N) is 1. The van der Waals surface area contributed by atoms with Gasteiger partial charge in [0.25, 0.3) is 0 Å². The van der Waals surface area contributed by atoms with Crippen LogP contribution in [0.4, 0.5) is 0 Å². The molecule has 18 heavy (non-hydrogen) atoms. The molecule has 0 spiro atoms. The van der Waals surface area contributed by atoms with Crippen LogP contribution in [0.15, 0.2) is 41.8 Å². The normalized spacial score (nSPS) is 12.6. The molecule has 0 aliphatic rings. The molecule has 0 aliphatic heterocycles. The summed E-state index contributed by atoms with van der Waals surface area (Å²) >= 11 is 7.50. The van der Waals surface area contributed by atoms with Crippen LogP contribution in [0, 0.1) is 0 Å². The number of hydrogen-bond acceptors (Lipinski definition) is 3. The molecule has 96 valence electrons. The summed E-state index contributed by atoms with van der Waals surface area (Å²) < 4.78 is 0. The van der Waals surface area contributed by atoms with Crippen molar-refractivity contribution >= 4 is 22.9 Å². The van der Waals surface area contributed by atoms with Gasteiger partial charge in [-0.05, 0) is 18.1 Å². The van der Waals surface area contributed by atoms with Crippen LogP contribution in [-0.4, -0.2) is 17.8 Å². The van der Waals surface area contributed by atoms with E-state index in [9.17, 15) is 5.11 Å². The Bertz CT molecular complexity index is 472. The fourth-order valence-electron chi connectivity index (χ4n) is 1.79. The SMILES string of the molecule is OC[C@H](Cc1ccccc1)NCc1cc(Cl)cs1. The van der Waals surface area contributed by atoms with E-state index >= 15 is 0 Å². The zero-order chi connectivity index (χ0) is 12.8. The molecule has 0 bridgehead atoms. The molecular weight excluding hydrogens is 266 g/mol. The molecule has 2 nitrogen and oxygen atoms in total. The summed E-state index contributed by atoms with van der Waals surface area (Å²) in [5.74, 6) is 0. The van der Waals surface area contributed by atoms with E-state index in [4.69, 9.17) is 11.6 Å². The summed E-state index contributed by atoms with van der Waals surface area (Å²) in [4.78, 5) is 1.19. The molecule has 4 heteroatoms. The summed E-state index contributed by atoms with van der Waals surface area (Å²) in [5.41, 5.74) is 1.23. The maximum absolute atomic E-state index is 9.39. The van der Waals surface area contributed by atoms with E-state index in [-0.39, 0.29) is 12.6 Å². The van der Waals surface area contributed by atoms with Crippen molar-refractivity contribution in [2.75, 3.05) is 6.61 Å². The number of aliphatic hydroxyl groups is 1. The second-order valence-corrected chi connectivity index (χ2v) is 5.61. The second kappa shape index (κ2) is 6.90. The molecule has 2 rings (SSSR count). The van der Waals surface area contributed by atoms with E-state index in [1.54, 1.807) is 11.3 Å². The van der Waals surface area contributed by atoms with Crippen molar-refractivity contribution in [3.8, 4) is 0 Å². The molecule has 0 fully saturated rings. The van der Waals surface area contributed by atoms with Crippen LogP contribution in [0.25, 0.3) is 0 Å². The van der Waals surface area contributed by atoms with E-state index in [1.807, 2.05) is 29.6 Å². The van der Waals surface area contributed by atoms with Gasteiger partial charge in [0, 0.05) is 22.8 Å². The molecule has 2 aromatic rings. The standard InChI is InChI=1S/C14H16ClNOS/c15-12-7-14(18-10-12)8-16-13(9-17)6-11-4-2-1-3-5-11/h1-5,7,10,13,16-17H,6,8-9H2/t13-/m0/s1. The molecule has 1 aromatic carbocycles. The number of thiophene rings is 1. The highest BCUT2D eigenvalue weighted by atomic mass is 35.5. The van der Waals surface area contributed by atoms with Crippen LogP contribution in [0.3, 0.4) is 0 Å². The average molecular weight is 282 g/mol. The Morgan fingerprint density at radius 1 is 1.28 bits per heavy atom. The molecule has 1 heterocycles. The van der Waals surface area contributed by atoms with Gasteiger partial charge >= 0.3 is 0 Å². The number of aliphatic hydroxyl groups excluding tert-OH is 1. The molecular formula is C14H16ClNOS. The predicted octanol–water partition coefficient (Wildman–Crippen LogP) is 3.09. The Morgan fingerprint density at radius 2 is 2.06 bits per heavy atom. The van der Waals surface area contributed by atoms with Gasteiger partial charge in [0.2, 0.25) is 0 Å². The Morgan fingerprint density at radius 3 is 2.67 bits per heavy atom. The topological polar surface area (TPSA) is 32.3 Å². The lowest BCUT2D eigenvalue weighted by molar-refractivity contribution is 0.241. The first kappa shape index (κ1) is 13.6. The van der Waals surface area contributed by atoms with Gasteiger partial charge in [-0.1, -0.05) is 41.9 Å². The molecule has 1 aromatic heterocycles. The van der Waals surface area contributed by atoms with Crippen molar-refractivity contribution in [3.05, 3.63) is 57.2 Å². The summed E-state index contributed by atoms with van der Waals surface area (Å²) in [6, 6.07) is 12.2. The van der Waals surface area contributed by atoms with Crippen molar-refractivity contribution in [3.63, 3.8) is 0 Å². The average Bonchev–Trinajstić information content (AvgIpc) is 2.81. The van der Waals surface area contributed by atoms with Gasteiger partial charge in [0.1, 0.15) is 0 Å². The Balaban J connectivity index is 1.86. The van der Waals surface area contributed by atoms with Crippen LogP contribution < -0.4 is 5.32 Å². The molecule has 0 aliphatic carbocycles. The van der Waals surface area contributed by atoms with E-state index in [2.05, 4.69) is 17.4 Å². The lowest BCUT2D eigenvalue weighted by atomic mass is 10.1. The molecule has 0 saturated heterocycles. The largest absolute Gasteiger partial charge is 0.395 e. The predicted molar refractivity (Wildman–Crippen MR) is 77.2 cm³/mol. The first-order valence-electron chi connectivity index (χ1n) is 5.89. The van der Waals surface area contributed by atoms with Crippen molar-refractivity contribution in [2.24, 2.45) is 0 Å².